The Balaban J connectivity index is 0.785. The van der Waals surface area contributed by atoms with Gasteiger partial charge in [0.1, 0.15) is 24.2 Å². The standard InChI is InChI=1S/C48H54BrN12O5P/c1-5-29-23-39(55-48-53-26-36(49)45(57-48)54-38-10-9-37-43(52-15-14-51-37)44(38)67(3,4)65)41(66-2)24-40(29)59-16-12-32(13-17-59)58-18-20-60(21-19-58)47(64)31-27-61(28-31)33-6-7-34(30(22-33)25-50)35-8-11-42(62)56-46(35)63/h6-7,9-10,14-15,22-24,26,31-32,35H,5,8,11-13,16-21,27-28H2,1-4H3,(H,56,62,63)(H2,53,54,55,57). The van der Waals surface area contributed by atoms with E-state index in [9.17, 15) is 24.2 Å². The molecule has 17 nitrogen and oxygen atoms in total. The smallest absolute Gasteiger partial charge is 0.234 e. The van der Waals surface area contributed by atoms with E-state index in [-0.39, 0.29) is 30.1 Å². The van der Waals surface area contributed by atoms with Gasteiger partial charge in [0, 0.05) is 101 Å². The molecule has 19 heteroatoms. The fourth-order valence-electron chi connectivity index (χ4n) is 9.90. The first-order chi connectivity index (χ1) is 32.3. The van der Waals surface area contributed by atoms with E-state index in [1.807, 2.05) is 29.2 Å². The van der Waals surface area contributed by atoms with Crippen molar-refractivity contribution in [3.63, 3.8) is 0 Å². The molecule has 4 saturated heterocycles. The van der Waals surface area contributed by atoms with Crippen molar-refractivity contribution in [2.75, 3.05) is 93.2 Å². The van der Waals surface area contributed by atoms with Gasteiger partial charge in [-0.15, -0.1) is 0 Å². The highest BCUT2D eigenvalue weighted by atomic mass is 79.9. The van der Waals surface area contributed by atoms with Gasteiger partial charge in [0.25, 0.3) is 0 Å². The summed E-state index contributed by atoms with van der Waals surface area (Å²) >= 11 is 3.59. The van der Waals surface area contributed by atoms with Crippen LogP contribution in [0.4, 0.5) is 34.5 Å². The van der Waals surface area contributed by atoms with Gasteiger partial charge in [0.2, 0.25) is 23.7 Å². The topological polar surface area (TPSA) is 202 Å². The summed E-state index contributed by atoms with van der Waals surface area (Å²) in [5.74, 6) is 0.457. The summed E-state index contributed by atoms with van der Waals surface area (Å²) in [5.41, 5.74) is 6.88. The maximum Gasteiger partial charge on any atom is 0.234 e. The molecule has 5 aromatic rings. The Morgan fingerprint density at radius 3 is 2.40 bits per heavy atom. The molecule has 0 aliphatic carbocycles. The zero-order chi connectivity index (χ0) is 47.0. The van der Waals surface area contributed by atoms with Crippen LogP contribution >= 0.6 is 23.1 Å². The molecule has 3 aromatic carbocycles. The number of carbonyl (C=O) groups is 3. The molecule has 4 aliphatic rings. The molecule has 0 bridgehead atoms. The van der Waals surface area contributed by atoms with Crippen molar-refractivity contribution in [2.45, 2.75) is 51.0 Å². The number of halogens is 1. The number of piperazine rings is 1. The second-order valence-electron chi connectivity index (χ2n) is 18.0. The van der Waals surface area contributed by atoms with Gasteiger partial charge in [-0.2, -0.15) is 10.2 Å². The lowest BCUT2D eigenvalue weighted by Gasteiger charge is -2.46. The van der Waals surface area contributed by atoms with E-state index in [0.29, 0.717) is 93.8 Å². The Bertz CT molecular complexity index is 2830. The molecule has 0 spiro atoms. The third kappa shape index (κ3) is 9.55. The summed E-state index contributed by atoms with van der Waals surface area (Å²) in [6.45, 7) is 11.7. The van der Waals surface area contributed by atoms with Gasteiger partial charge >= 0.3 is 0 Å². The molecule has 0 radical (unpaired) electrons. The molecule has 3 N–H and O–H groups in total. The van der Waals surface area contributed by atoms with Crippen LogP contribution in [0, 0.1) is 17.2 Å². The number of rotatable bonds is 12. The molecule has 0 saturated carbocycles. The summed E-state index contributed by atoms with van der Waals surface area (Å²) in [4.78, 5) is 65.1. The summed E-state index contributed by atoms with van der Waals surface area (Å²) in [5, 5.41) is 19.6. The number of piperidine rings is 2. The summed E-state index contributed by atoms with van der Waals surface area (Å²) in [6, 6.07) is 16.1. The van der Waals surface area contributed by atoms with Crippen LogP contribution in [-0.2, 0) is 25.4 Å². The van der Waals surface area contributed by atoms with Gasteiger partial charge < -0.3 is 34.6 Å². The minimum atomic E-state index is -2.79. The molecule has 6 heterocycles. The lowest BCUT2D eigenvalue weighted by atomic mass is 9.87. The van der Waals surface area contributed by atoms with Crippen LogP contribution in [0.1, 0.15) is 55.2 Å². The quantitative estimate of drug-likeness (QED) is 0.0952. The van der Waals surface area contributed by atoms with Gasteiger partial charge in [-0.25, -0.2) is 4.98 Å². The van der Waals surface area contributed by atoms with Crippen molar-refractivity contribution in [3.05, 3.63) is 82.2 Å². The zero-order valence-corrected chi connectivity index (χ0v) is 40.6. The third-order valence-corrected chi connectivity index (χ3v) is 15.6. The molecule has 67 heavy (non-hydrogen) atoms. The molecule has 4 fully saturated rings. The second-order valence-corrected chi connectivity index (χ2v) is 22.0. The number of methoxy groups -OCH3 is 1. The van der Waals surface area contributed by atoms with Crippen LogP contribution in [0.5, 0.6) is 5.75 Å². The molecular formula is C48H54BrN12O5P. The number of carbonyl (C=O) groups excluding carboxylic acids is 3. The molecule has 1 unspecified atom stereocenters. The zero-order valence-electron chi connectivity index (χ0n) is 38.1. The van der Waals surface area contributed by atoms with Crippen LogP contribution in [0.25, 0.3) is 11.0 Å². The van der Waals surface area contributed by atoms with Crippen molar-refractivity contribution in [1.29, 1.82) is 5.26 Å². The molecule has 9 rings (SSSR count). The highest BCUT2D eigenvalue weighted by Gasteiger charge is 2.38. The van der Waals surface area contributed by atoms with E-state index in [2.05, 4.69) is 86.7 Å². The molecule has 348 valence electrons. The van der Waals surface area contributed by atoms with E-state index in [4.69, 9.17) is 9.72 Å². The number of aromatic nitrogens is 4. The number of anilines is 6. The predicted octanol–water partition coefficient (Wildman–Crippen LogP) is 6.13. The first-order valence-electron chi connectivity index (χ1n) is 22.8. The largest absolute Gasteiger partial charge is 0.494 e. The Hall–Kier alpha value is -6.15. The van der Waals surface area contributed by atoms with Crippen molar-refractivity contribution < 1.29 is 23.7 Å². The van der Waals surface area contributed by atoms with Crippen LogP contribution in [0.15, 0.2) is 65.5 Å². The van der Waals surface area contributed by atoms with Gasteiger partial charge in [-0.05, 0) is 96.4 Å². The highest BCUT2D eigenvalue weighted by molar-refractivity contribution is 9.10. The lowest BCUT2D eigenvalue weighted by Crippen LogP contribution is -2.59. The number of hydrogen-bond acceptors (Lipinski definition) is 15. The third-order valence-electron chi connectivity index (χ3n) is 13.5. The van der Waals surface area contributed by atoms with E-state index in [1.165, 1.54) is 5.56 Å². The normalized spacial score (nSPS) is 18.6. The molecular weight excluding hydrogens is 935 g/mol. The fraction of sp³-hybridized carbons (Fsp3) is 0.417. The number of nitriles is 1. The molecule has 4 aliphatic heterocycles. The average Bonchev–Trinajstić information content (AvgIpc) is 3.31. The summed E-state index contributed by atoms with van der Waals surface area (Å²) < 4.78 is 20.1. The highest BCUT2D eigenvalue weighted by Crippen LogP contribution is 2.42. The van der Waals surface area contributed by atoms with Gasteiger partial charge in [0.15, 0.2) is 0 Å². The maximum atomic E-state index is 13.6. The van der Waals surface area contributed by atoms with Crippen molar-refractivity contribution >= 4 is 91.6 Å². The second kappa shape index (κ2) is 19.2. The number of ether oxygens (including phenoxy) is 1. The minimum Gasteiger partial charge on any atom is -0.494 e. The maximum absolute atomic E-state index is 13.6. The van der Waals surface area contributed by atoms with Crippen LogP contribution in [0.3, 0.4) is 0 Å². The first-order valence-corrected chi connectivity index (χ1v) is 26.2. The lowest BCUT2D eigenvalue weighted by molar-refractivity contribution is -0.138. The number of benzene rings is 3. The average molecular weight is 990 g/mol. The molecule has 3 amide bonds. The first kappa shape index (κ1) is 46.0. The van der Waals surface area contributed by atoms with Crippen molar-refractivity contribution in [2.24, 2.45) is 5.92 Å². The fourth-order valence-corrected chi connectivity index (χ4v) is 11.6. The number of aryl methyl sites for hydroxylation is 1. The molecule has 2 aromatic heterocycles. The minimum absolute atomic E-state index is 0.0943. The Kier molecular flexibility index (Phi) is 13.2. The summed E-state index contributed by atoms with van der Waals surface area (Å²) in [6.07, 6.45) is 8.39. The summed E-state index contributed by atoms with van der Waals surface area (Å²) in [7, 11) is -1.12. The van der Waals surface area contributed by atoms with Crippen LogP contribution in [-0.4, -0.2) is 126 Å². The number of nitrogens with zero attached hydrogens (tertiary/aromatic N) is 9. The number of nitrogens with one attached hydrogen (secondary N) is 3. The Morgan fingerprint density at radius 2 is 1.70 bits per heavy atom. The van der Waals surface area contributed by atoms with Gasteiger partial charge in [-0.1, -0.05) is 13.0 Å². The predicted molar refractivity (Wildman–Crippen MR) is 263 cm³/mol. The molecule has 1 atom stereocenters. The van der Waals surface area contributed by atoms with E-state index in [0.717, 1.165) is 62.5 Å². The van der Waals surface area contributed by atoms with Crippen molar-refractivity contribution in [1.82, 2.24) is 35.1 Å². The Morgan fingerprint density at radius 1 is 0.940 bits per heavy atom. The van der Waals surface area contributed by atoms with Crippen LogP contribution in [0.2, 0.25) is 0 Å². The van der Waals surface area contributed by atoms with E-state index >= 15 is 0 Å². The van der Waals surface area contributed by atoms with Crippen LogP contribution < -0.4 is 35.8 Å². The monoisotopic (exact) mass is 988 g/mol. The number of amides is 3. The van der Waals surface area contributed by atoms with Gasteiger partial charge in [-0.3, -0.25) is 34.6 Å². The SMILES string of the molecule is CCc1cc(Nc2ncc(Br)c(Nc3ccc4nccnc4c3P(C)(C)=O)n2)c(OC)cc1N1CCC(N2CCN(C(=O)C3CN(c4ccc(C5CCC(=O)NC5=O)c(C#N)c4)C3)CC2)CC1. The van der Waals surface area contributed by atoms with Gasteiger partial charge in [0.05, 0.1) is 57.2 Å². The number of imide groups is 1. The number of fused-ring (bicyclic) bond motifs is 1. The number of hydrogen-bond donors (Lipinski definition) is 3. The van der Waals surface area contributed by atoms with E-state index in [1.54, 1.807) is 45.1 Å². The Labute approximate surface area is 398 Å². The van der Waals surface area contributed by atoms with E-state index < -0.39 is 13.1 Å². The van der Waals surface area contributed by atoms with Crippen molar-refractivity contribution in [3.8, 4) is 11.8 Å².